The van der Waals surface area contributed by atoms with Crippen LogP contribution in [0.15, 0.2) is 46.9 Å². The second-order valence-electron chi connectivity index (χ2n) is 4.27. The highest BCUT2D eigenvalue weighted by molar-refractivity contribution is 9.10. The van der Waals surface area contributed by atoms with Crippen molar-refractivity contribution in [3.63, 3.8) is 0 Å². The first kappa shape index (κ1) is 14.1. The van der Waals surface area contributed by atoms with Crippen LogP contribution in [0.25, 0.3) is 0 Å². The van der Waals surface area contributed by atoms with E-state index < -0.39 is 0 Å². The van der Waals surface area contributed by atoms with Crippen LogP contribution >= 0.6 is 27.5 Å². The van der Waals surface area contributed by atoms with Crippen LogP contribution < -0.4 is 5.32 Å². The van der Waals surface area contributed by atoms with Gasteiger partial charge in [0.25, 0.3) is 5.91 Å². The van der Waals surface area contributed by atoms with Crippen molar-refractivity contribution in [2.45, 2.75) is 12.8 Å². The van der Waals surface area contributed by atoms with Crippen LogP contribution in [0, 0.1) is 6.92 Å². The molecule has 0 atom stereocenters. The summed E-state index contributed by atoms with van der Waals surface area (Å²) in [7, 11) is 0. The van der Waals surface area contributed by atoms with Crippen LogP contribution in [0.3, 0.4) is 0 Å². The normalized spacial score (nSPS) is 10.3. The van der Waals surface area contributed by atoms with Crippen molar-refractivity contribution in [3.05, 3.63) is 63.6 Å². The van der Waals surface area contributed by atoms with Gasteiger partial charge in [-0.15, -0.1) is 11.6 Å². The van der Waals surface area contributed by atoms with Crippen molar-refractivity contribution < 1.29 is 4.79 Å². The molecule has 2 rings (SSSR count). The maximum Gasteiger partial charge on any atom is 0.256 e. The molecular formula is C15H13BrClNO. The molecule has 0 saturated heterocycles. The minimum absolute atomic E-state index is 0.140. The Morgan fingerprint density at radius 1 is 1.26 bits per heavy atom. The van der Waals surface area contributed by atoms with E-state index in [1.54, 1.807) is 6.07 Å². The summed E-state index contributed by atoms with van der Waals surface area (Å²) in [5.74, 6) is 0.288. The van der Waals surface area contributed by atoms with Gasteiger partial charge in [0.2, 0.25) is 0 Å². The number of rotatable bonds is 3. The van der Waals surface area contributed by atoms with E-state index in [9.17, 15) is 4.79 Å². The summed E-state index contributed by atoms with van der Waals surface area (Å²) in [5, 5.41) is 2.87. The molecule has 0 fully saturated rings. The van der Waals surface area contributed by atoms with Gasteiger partial charge in [-0.3, -0.25) is 4.79 Å². The molecule has 0 aliphatic rings. The molecule has 4 heteroatoms. The Morgan fingerprint density at radius 2 is 2.05 bits per heavy atom. The molecule has 0 aliphatic heterocycles. The Bertz CT molecular complexity index is 613. The Morgan fingerprint density at radius 3 is 2.74 bits per heavy atom. The monoisotopic (exact) mass is 337 g/mol. The zero-order chi connectivity index (χ0) is 13.8. The zero-order valence-corrected chi connectivity index (χ0v) is 12.8. The lowest BCUT2D eigenvalue weighted by molar-refractivity contribution is 0.102. The molecule has 0 saturated carbocycles. The maximum atomic E-state index is 12.2. The van der Waals surface area contributed by atoms with Gasteiger partial charge in [0.1, 0.15) is 0 Å². The van der Waals surface area contributed by atoms with Crippen molar-refractivity contribution in [2.75, 3.05) is 5.32 Å². The number of alkyl halides is 1. The Hall–Kier alpha value is -1.32. The molecule has 1 amide bonds. The lowest BCUT2D eigenvalue weighted by Crippen LogP contribution is -2.12. The van der Waals surface area contributed by atoms with E-state index in [1.165, 1.54) is 0 Å². The summed E-state index contributed by atoms with van der Waals surface area (Å²) < 4.78 is 0.790. The third-order valence-corrected chi connectivity index (χ3v) is 3.67. The molecule has 0 aromatic heterocycles. The number of carbonyl (C=O) groups is 1. The average molecular weight is 339 g/mol. The quantitative estimate of drug-likeness (QED) is 0.804. The summed E-state index contributed by atoms with van der Waals surface area (Å²) in [6.45, 7) is 1.98. The lowest BCUT2D eigenvalue weighted by Gasteiger charge is -2.08. The molecule has 0 unspecified atom stereocenters. The first-order valence-corrected chi connectivity index (χ1v) is 7.15. The summed E-state index contributed by atoms with van der Waals surface area (Å²) in [6.07, 6.45) is 0. The highest BCUT2D eigenvalue weighted by Gasteiger charge is 2.10. The molecule has 0 aliphatic carbocycles. The highest BCUT2D eigenvalue weighted by atomic mass is 79.9. The minimum Gasteiger partial charge on any atom is -0.322 e. The number of nitrogens with one attached hydrogen (secondary N) is 1. The van der Waals surface area contributed by atoms with Crippen molar-refractivity contribution in [3.8, 4) is 0 Å². The Labute approximate surface area is 125 Å². The number of hydrogen-bond donors (Lipinski definition) is 1. The Balaban J connectivity index is 2.20. The minimum atomic E-state index is -0.140. The van der Waals surface area contributed by atoms with Gasteiger partial charge < -0.3 is 5.32 Å². The number of hydrogen-bond acceptors (Lipinski definition) is 1. The topological polar surface area (TPSA) is 29.1 Å². The summed E-state index contributed by atoms with van der Waals surface area (Å²) in [5.41, 5.74) is 3.44. The fourth-order valence-electron chi connectivity index (χ4n) is 1.73. The third kappa shape index (κ3) is 3.58. The molecule has 19 heavy (non-hydrogen) atoms. The molecule has 2 nitrogen and oxygen atoms in total. The van der Waals surface area contributed by atoms with E-state index in [-0.39, 0.29) is 5.91 Å². The predicted octanol–water partition coefficient (Wildman–Crippen LogP) is 4.75. The highest BCUT2D eigenvalue weighted by Crippen LogP contribution is 2.20. The van der Waals surface area contributed by atoms with E-state index in [4.69, 9.17) is 11.6 Å². The summed E-state index contributed by atoms with van der Waals surface area (Å²) in [6, 6.07) is 13.1. The SMILES string of the molecule is Cc1ccc(C(=O)Nc2cccc(CCl)c2)c(Br)c1. The molecule has 98 valence electrons. The van der Waals surface area contributed by atoms with E-state index in [2.05, 4.69) is 21.2 Å². The van der Waals surface area contributed by atoms with Gasteiger partial charge in [-0.25, -0.2) is 0 Å². The van der Waals surface area contributed by atoms with Gasteiger partial charge in [-0.1, -0.05) is 18.2 Å². The van der Waals surface area contributed by atoms with Crippen molar-refractivity contribution in [1.82, 2.24) is 0 Å². The van der Waals surface area contributed by atoms with Crippen molar-refractivity contribution >= 4 is 39.1 Å². The summed E-state index contributed by atoms with van der Waals surface area (Å²) in [4.78, 5) is 12.2. The van der Waals surface area contributed by atoms with Gasteiger partial charge >= 0.3 is 0 Å². The number of halogens is 2. The molecular weight excluding hydrogens is 326 g/mol. The first-order chi connectivity index (χ1) is 9.10. The van der Waals surface area contributed by atoms with E-state index in [0.717, 1.165) is 21.3 Å². The van der Waals surface area contributed by atoms with Crippen LogP contribution in [-0.2, 0) is 5.88 Å². The number of anilines is 1. The zero-order valence-electron chi connectivity index (χ0n) is 10.4. The number of carbonyl (C=O) groups excluding carboxylic acids is 1. The lowest BCUT2D eigenvalue weighted by atomic mass is 10.1. The predicted molar refractivity (Wildman–Crippen MR) is 82.8 cm³/mol. The fourth-order valence-corrected chi connectivity index (χ4v) is 2.57. The summed E-state index contributed by atoms with van der Waals surface area (Å²) >= 11 is 9.18. The van der Waals surface area contributed by atoms with E-state index in [1.807, 2.05) is 43.3 Å². The van der Waals surface area contributed by atoms with Gasteiger partial charge in [0, 0.05) is 16.0 Å². The molecule has 0 radical (unpaired) electrons. The average Bonchev–Trinajstić information content (AvgIpc) is 2.38. The molecule has 2 aromatic carbocycles. The Kier molecular flexibility index (Phi) is 4.61. The molecule has 0 heterocycles. The van der Waals surface area contributed by atoms with Crippen LogP contribution in [0.5, 0.6) is 0 Å². The second-order valence-corrected chi connectivity index (χ2v) is 5.39. The van der Waals surface area contributed by atoms with Gasteiger partial charge in [-0.05, 0) is 58.2 Å². The number of amides is 1. The van der Waals surface area contributed by atoms with Crippen molar-refractivity contribution in [1.29, 1.82) is 0 Å². The first-order valence-electron chi connectivity index (χ1n) is 5.82. The second kappa shape index (κ2) is 6.22. The number of benzene rings is 2. The molecule has 1 N–H and O–H groups in total. The third-order valence-electron chi connectivity index (χ3n) is 2.71. The van der Waals surface area contributed by atoms with Gasteiger partial charge in [0.15, 0.2) is 0 Å². The fraction of sp³-hybridized carbons (Fsp3) is 0.133. The molecule has 0 bridgehead atoms. The van der Waals surface area contributed by atoms with Crippen LogP contribution in [0.1, 0.15) is 21.5 Å². The largest absolute Gasteiger partial charge is 0.322 e. The molecule has 0 spiro atoms. The van der Waals surface area contributed by atoms with Crippen LogP contribution in [0.4, 0.5) is 5.69 Å². The molecule has 2 aromatic rings. The maximum absolute atomic E-state index is 12.2. The van der Waals surface area contributed by atoms with Crippen molar-refractivity contribution in [2.24, 2.45) is 0 Å². The van der Waals surface area contributed by atoms with Crippen LogP contribution in [-0.4, -0.2) is 5.91 Å². The standard InChI is InChI=1S/C15H13BrClNO/c1-10-5-6-13(14(16)7-10)15(19)18-12-4-2-3-11(8-12)9-17/h2-8H,9H2,1H3,(H,18,19). The van der Waals surface area contributed by atoms with E-state index >= 15 is 0 Å². The van der Waals surface area contributed by atoms with E-state index in [0.29, 0.717) is 11.4 Å². The van der Waals surface area contributed by atoms with Gasteiger partial charge in [-0.2, -0.15) is 0 Å². The van der Waals surface area contributed by atoms with Crippen LogP contribution in [0.2, 0.25) is 0 Å². The number of aryl methyl sites for hydroxylation is 1. The van der Waals surface area contributed by atoms with Gasteiger partial charge in [0.05, 0.1) is 5.56 Å². The smallest absolute Gasteiger partial charge is 0.256 e.